The topological polar surface area (TPSA) is 93.8 Å². The molecule has 6 nitrogen and oxygen atoms in total. The van der Waals surface area contributed by atoms with Gasteiger partial charge in [-0.2, -0.15) is 0 Å². The van der Waals surface area contributed by atoms with E-state index in [0.717, 1.165) is 18.4 Å². The summed E-state index contributed by atoms with van der Waals surface area (Å²) >= 11 is 0. The van der Waals surface area contributed by atoms with E-state index >= 15 is 0 Å². The molecular formula is C23H30O6. The first kappa shape index (κ1) is 24.1. The summed E-state index contributed by atoms with van der Waals surface area (Å²) in [6.45, 7) is 5.65. The molecule has 0 unspecified atom stereocenters. The summed E-state index contributed by atoms with van der Waals surface area (Å²) in [4.78, 5) is 35.7. The molecule has 0 bridgehead atoms. The van der Waals surface area contributed by atoms with E-state index in [4.69, 9.17) is 4.42 Å². The van der Waals surface area contributed by atoms with Crippen molar-refractivity contribution in [3.8, 4) is 5.75 Å². The summed E-state index contributed by atoms with van der Waals surface area (Å²) in [5, 5.41) is 10.2. The molecule has 6 heteroatoms. The second-order valence-corrected chi connectivity index (χ2v) is 6.85. The average molecular weight is 402 g/mol. The van der Waals surface area contributed by atoms with Crippen LogP contribution in [-0.4, -0.2) is 24.0 Å². The third-order valence-corrected chi connectivity index (χ3v) is 4.30. The van der Waals surface area contributed by atoms with Crippen molar-refractivity contribution in [3.05, 3.63) is 63.3 Å². The van der Waals surface area contributed by atoms with Crippen molar-refractivity contribution in [3.63, 3.8) is 0 Å². The first-order valence-electron chi connectivity index (χ1n) is 9.76. The number of unbranched alkanes of at least 4 members (excludes halogenated alkanes) is 1. The third-order valence-electron chi connectivity index (χ3n) is 4.30. The van der Waals surface area contributed by atoms with Gasteiger partial charge in [0.15, 0.2) is 5.78 Å². The zero-order chi connectivity index (χ0) is 21.8. The number of aromatic hydroxyl groups is 1. The Labute approximate surface area is 171 Å². The van der Waals surface area contributed by atoms with Gasteiger partial charge in [0.05, 0.1) is 13.5 Å². The molecule has 0 aliphatic rings. The molecule has 1 heterocycles. The SMILES string of the molecule is CCC/C(C)=C/C=C(\C)C(=O)c1c(O)cc(CCC/C=C/CC(=O)OC)oc1=O. The van der Waals surface area contributed by atoms with Crippen LogP contribution in [0.3, 0.4) is 0 Å². The number of ether oxygens (including phenoxy) is 1. The number of Topliss-reactive ketones (excluding diaryl/α,β-unsaturated/α-hetero) is 1. The Kier molecular flexibility index (Phi) is 10.4. The van der Waals surface area contributed by atoms with E-state index in [-0.39, 0.29) is 23.7 Å². The van der Waals surface area contributed by atoms with Crippen molar-refractivity contribution in [2.24, 2.45) is 0 Å². The number of hydrogen-bond acceptors (Lipinski definition) is 6. The molecule has 1 aromatic rings. The Morgan fingerprint density at radius 1 is 1.21 bits per heavy atom. The highest BCUT2D eigenvalue weighted by Crippen LogP contribution is 2.20. The highest BCUT2D eigenvalue weighted by Gasteiger charge is 2.20. The molecular weight excluding hydrogens is 372 g/mol. The average Bonchev–Trinajstić information content (AvgIpc) is 2.68. The standard InChI is InChI=1S/C23H30O6/c1-5-10-16(2)13-14-17(3)22(26)21-19(24)15-18(29-23(21)27)11-8-6-7-9-12-20(25)28-4/h7,9,13-15,24H,5-6,8,10-12H2,1-4H3/b9-7+,16-13+,17-14+. The second-order valence-electron chi connectivity index (χ2n) is 6.85. The van der Waals surface area contributed by atoms with Crippen LogP contribution in [-0.2, 0) is 16.0 Å². The predicted molar refractivity (Wildman–Crippen MR) is 112 cm³/mol. The van der Waals surface area contributed by atoms with E-state index in [0.29, 0.717) is 30.6 Å². The minimum atomic E-state index is -0.840. The lowest BCUT2D eigenvalue weighted by Crippen LogP contribution is -2.16. The Morgan fingerprint density at radius 3 is 2.55 bits per heavy atom. The molecule has 0 amide bonds. The van der Waals surface area contributed by atoms with Crippen LogP contribution in [0.15, 0.2) is 50.7 Å². The maximum absolute atomic E-state index is 12.5. The molecule has 0 fully saturated rings. The number of carbonyl (C=O) groups excluding carboxylic acids is 2. The lowest BCUT2D eigenvalue weighted by molar-refractivity contribution is -0.139. The fourth-order valence-corrected chi connectivity index (χ4v) is 2.65. The number of esters is 1. The van der Waals surface area contributed by atoms with Crippen LogP contribution in [0.1, 0.15) is 69.0 Å². The van der Waals surface area contributed by atoms with Crippen molar-refractivity contribution < 1.29 is 23.8 Å². The van der Waals surface area contributed by atoms with Crippen molar-refractivity contribution in [1.29, 1.82) is 0 Å². The molecule has 0 spiro atoms. The molecule has 0 radical (unpaired) electrons. The smallest absolute Gasteiger partial charge is 0.351 e. The molecule has 158 valence electrons. The summed E-state index contributed by atoms with van der Waals surface area (Å²) in [6, 6.07) is 1.32. The minimum Gasteiger partial charge on any atom is -0.507 e. The molecule has 1 rings (SSSR count). The van der Waals surface area contributed by atoms with Crippen molar-refractivity contribution in [1.82, 2.24) is 0 Å². The van der Waals surface area contributed by atoms with E-state index in [1.807, 2.05) is 19.1 Å². The Hall–Kier alpha value is -2.89. The highest BCUT2D eigenvalue weighted by atomic mass is 16.5. The van der Waals surface area contributed by atoms with Crippen LogP contribution >= 0.6 is 0 Å². The molecule has 0 aliphatic heterocycles. The van der Waals surface area contributed by atoms with Gasteiger partial charge in [0, 0.05) is 12.5 Å². The summed E-state index contributed by atoms with van der Waals surface area (Å²) in [6.07, 6.45) is 11.0. The summed E-state index contributed by atoms with van der Waals surface area (Å²) < 4.78 is 9.74. The molecule has 1 aromatic heterocycles. The van der Waals surface area contributed by atoms with E-state index < -0.39 is 11.4 Å². The lowest BCUT2D eigenvalue weighted by atomic mass is 10.0. The summed E-state index contributed by atoms with van der Waals surface area (Å²) in [5.74, 6) is -0.915. The third kappa shape index (κ3) is 8.34. The largest absolute Gasteiger partial charge is 0.507 e. The van der Waals surface area contributed by atoms with E-state index in [9.17, 15) is 19.5 Å². The predicted octanol–water partition coefficient (Wildman–Crippen LogP) is 4.66. The molecule has 0 aromatic carbocycles. The lowest BCUT2D eigenvalue weighted by Gasteiger charge is -2.05. The van der Waals surface area contributed by atoms with Gasteiger partial charge in [0.1, 0.15) is 17.1 Å². The number of rotatable bonds is 11. The van der Waals surface area contributed by atoms with Crippen LogP contribution in [0.5, 0.6) is 5.75 Å². The molecule has 29 heavy (non-hydrogen) atoms. The number of ketones is 1. The van der Waals surface area contributed by atoms with E-state index in [1.54, 1.807) is 19.1 Å². The fourth-order valence-electron chi connectivity index (χ4n) is 2.65. The maximum atomic E-state index is 12.5. The van der Waals surface area contributed by atoms with Gasteiger partial charge in [-0.25, -0.2) is 4.79 Å². The van der Waals surface area contributed by atoms with Crippen LogP contribution < -0.4 is 5.63 Å². The van der Waals surface area contributed by atoms with Gasteiger partial charge in [0.2, 0.25) is 0 Å². The van der Waals surface area contributed by atoms with Crippen LogP contribution in [0, 0.1) is 0 Å². The second kappa shape index (κ2) is 12.5. The molecule has 0 aliphatic carbocycles. The molecule has 0 saturated heterocycles. The summed E-state index contributed by atoms with van der Waals surface area (Å²) in [5.41, 5.74) is 0.300. The molecule has 0 atom stereocenters. The first-order valence-corrected chi connectivity index (χ1v) is 9.76. The van der Waals surface area contributed by atoms with Gasteiger partial charge >= 0.3 is 11.6 Å². The van der Waals surface area contributed by atoms with Gasteiger partial charge in [-0.05, 0) is 38.7 Å². The number of methoxy groups -OCH3 is 1. The van der Waals surface area contributed by atoms with Crippen LogP contribution in [0.4, 0.5) is 0 Å². The van der Waals surface area contributed by atoms with Crippen molar-refractivity contribution in [2.75, 3.05) is 7.11 Å². The first-order chi connectivity index (χ1) is 13.8. The zero-order valence-corrected chi connectivity index (χ0v) is 17.6. The van der Waals surface area contributed by atoms with Crippen molar-refractivity contribution >= 4 is 11.8 Å². The molecule has 1 N–H and O–H groups in total. The highest BCUT2D eigenvalue weighted by molar-refractivity contribution is 6.09. The van der Waals surface area contributed by atoms with Crippen molar-refractivity contribution in [2.45, 2.75) is 59.3 Å². The normalized spacial score (nSPS) is 12.4. The summed E-state index contributed by atoms with van der Waals surface area (Å²) in [7, 11) is 1.33. The van der Waals surface area contributed by atoms with Gasteiger partial charge in [-0.1, -0.05) is 43.2 Å². The van der Waals surface area contributed by atoms with Gasteiger partial charge in [-0.15, -0.1) is 0 Å². The quantitative estimate of drug-likeness (QED) is 0.144. The van der Waals surface area contributed by atoms with Crippen LogP contribution in [0.25, 0.3) is 0 Å². The zero-order valence-electron chi connectivity index (χ0n) is 17.6. The van der Waals surface area contributed by atoms with Gasteiger partial charge in [-0.3, -0.25) is 9.59 Å². The monoisotopic (exact) mass is 402 g/mol. The number of hydrogen-bond donors (Lipinski definition) is 1. The van der Waals surface area contributed by atoms with Crippen LogP contribution in [0.2, 0.25) is 0 Å². The Bertz CT molecular complexity index is 855. The Morgan fingerprint density at radius 2 is 1.93 bits per heavy atom. The molecule has 0 saturated carbocycles. The van der Waals surface area contributed by atoms with Gasteiger partial charge < -0.3 is 14.3 Å². The van der Waals surface area contributed by atoms with E-state index in [1.165, 1.54) is 13.2 Å². The van der Waals surface area contributed by atoms with E-state index in [2.05, 4.69) is 11.7 Å². The minimum absolute atomic E-state index is 0.212. The fraction of sp³-hybridized carbons (Fsp3) is 0.435. The number of aryl methyl sites for hydroxylation is 1. The number of carbonyl (C=O) groups is 2. The Balaban J connectivity index is 2.78. The number of allylic oxidation sites excluding steroid dienone is 5. The van der Waals surface area contributed by atoms with Gasteiger partial charge in [0.25, 0.3) is 0 Å². The maximum Gasteiger partial charge on any atom is 0.351 e.